The normalized spacial score (nSPS) is 21.7. The third-order valence-corrected chi connectivity index (χ3v) is 6.56. The number of allylic oxidation sites excluding steroid dienone is 2. The largest absolute Gasteiger partial charge is 0.508 e. The van der Waals surface area contributed by atoms with Crippen LogP contribution in [0.5, 0.6) is 11.5 Å². The topological polar surface area (TPSA) is 60.8 Å². The van der Waals surface area contributed by atoms with Crippen molar-refractivity contribution in [2.75, 3.05) is 6.54 Å². The quantitative estimate of drug-likeness (QED) is 0.686. The Kier molecular flexibility index (Phi) is 5.80. The minimum Gasteiger partial charge on any atom is -0.508 e. The average molecular weight is 410 g/mol. The fraction of sp³-hybridized carbons (Fsp3) is 0.400. The first kappa shape index (κ1) is 20.5. The highest BCUT2D eigenvalue weighted by Crippen LogP contribution is 2.35. The van der Waals surface area contributed by atoms with Gasteiger partial charge in [-0.3, -0.25) is 4.79 Å². The molecule has 2 aromatic rings. The zero-order valence-electron chi connectivity index (χ0n) is 17.3. The second-order valence-corrected chi connectivity index (χ2v) is 8.70. The molecule has 1 saturated carbocycles. The predicted molar refractivity (Wildman–Crippen MR) is 115 cm³/mol. The van der Waals surface area contributed by atoms with E-state index in [4.69, 9.17) is 0 Å². The van der Waals surface area contributed by atoms with Crippen LogP contribution in [0, 0.1) is 17.7 Å². The van der Waals surface area contributed by atoms with Gasteiger partial charge in [0.15, 0.2) is 0 Å². The first-order chi connectivity index (χ1) is 14.4. The second kappa shape index (κ2) is 8.50. The van der Waals surface area contributed by atoms with Crippen molar-refractivity contribution >= 4 is 11.5 Å². The van der Waals surface area contributed by atoms with E-state index < -0.39 is 5.82 Å². The van der Waals surface area contributed by atoms with Crippen molar-refractivity contribution in [3.05, 3.63) is 65.0 Å². The van der Waals surface area contributed by atoms with Gasteiger partial charge in [-0.1, -0.05) is 12.1 Å². The number of benzene rings is 2. The molecule has 30 heavy (non-hydrogen) atoms. The molecule has 0 unspecified atom stereocenters. The van der Waals surface area contributed by atoms with Crippen LogP contribution in [0.1, 0.15) is 60.5 Å². The maximum Gasteiger partial charge on any atom is 0.254 e. The van der Waals surface area contributed by atoms with Crippen molar-refractivity contribution in [3.8, 4) is 11.5 Å². The van der Waals surface area contributed by atoms with Crippen LogP contribution in [0.2, 0.25) is 0 Å². The molecule has 1 aliphatic heterocycles. The highest BCUT2D eigenvalue weighted by molar-refractivity contribution is 5.98. The van der Waals surface area contributed by atoms with Gasteiger partial charge in [0.1, 0.15) is 17.3 Å². The molecule has 2 aliphatic rings. The van der Waals surface area contributed by atoms with Gasteiger partial charge in [-0.15, -0.1) is 0 Å². The number of phenols is 2. The molecular formula is C25H28FNO3. The maximum absolute atomic E-state index is 13.2. The van der Waals surface area contributed by atoms with Crippen LogP contribution in [-0.2, 0) is 6.54 Å². The number of phenolic OH excluding ortho intramolecular Hbond substituents is 2. The Morgan fingerprint density at radius 2 is 1.83 bits per heavy atom. The van der Waals surface area contributed by atoms with Gasteiger partial charge in [0, 0.05) is 30.3 Å². The van der Waals surface area contributed by atoms with Crippen molar-refractivity contribution < 1.29 is 19.4 Å². The van der Waals surface area contributed by atoms with E-state index in [0.717, 1.165) is 55.9 Å². The molecule has 0 aromatic heterocycles. The van der Waals surface area contributed by atoms with Crippen molar-refractivity contribution in [2.45, 2.75) is 45.6 Å². The van der Waals surface area contributed by atoms with Gasteiger partial charge in [0.2, 0.25) is 0 Å². The van der Waals surface area contributed by atoms with Crippen LogP contribution in [-0.4, -0.2) is 27.6 Å². The molecule has 2 N–H and O–H groups in total. The molecule has 1 fully saturated rings. The third kappa shape index (κ3) is 4.35. The summed E-state index contributed by atoms with van der Waals surface area (Å²) in [6.07, 6.45) is 7.54. The van der Waals surface area contributed by atoms with E-state index in [1.165, 1.54) is 6.07 Å². The molecule has 2 aromatic carbocycles. The summed E-state index contributed by atoms with van der Waals surface area (Å²) in [7, 11) is 0. The summed E-state index contributed by atoms with van der Waals surface area (Å²) < 4.78 is 13.2. The number of hydrogen-bond acceptors (Lipinski definition) is 3. The average Bonchev–Trinajstić information content (AvgIpc) is 3.02. The Bertz CT molecular complexity index is 976. The molecule has 1 amide bonds. The molecular weight excluding hydrogens is 381 g/mol. The molecule has 1 heterocycles. The number of nitrogens with zero attached hydrogens (tertiary/aromatic N) is 1. The van der Waals surface area contributed by atoms with Crippen LogP contribution in [0.4, 0.5) is 4.39 Å². The van der Waals surface area contributed by atoms with Crippen LogP contribution in [0.25, 0.3) is 5.57 Å². The molecule has 0 radical (unpaired) electrons. The lowest BCUT2D eigenvalue weighted by Gasteiger charge is -2.31. The molecule has 4 rings (SSSR count). The van der Waals surface area contributed by atoms with Crippen molar-refractivity contribution in [2.24, 2.45) is 11.8 Å². The number of hydrogen-bond donors (Lipinski definition) is 2. The summed E-state index contributed by atoms with van der Waals surface area (Å²) in [6.45, 7) is 3.36. The number of aromatic hydroxyl groups is 2. The number of carbonyl (C=O) groups excluding carboxylic acids is 1. The summed E-state index contributed by atoms with van der Waals surface area (Å²) in [5.74, 6) is 0.833. The van der Waals surface area contributed by atoms with Gasteiger partial charge in [0.05, 0.1) is 0 Å². The van der Waals surface area contributed by atoms with E-state index >= 15 is 0 Å². The van der Waals surface area contributed by atoms with E-state index in [2.05, 4.69) is 6.08 Å². The Morgan fingerprint density at radius 1 is 1.10 bits per heavy atom. The molecule has 4 nitrogen and oxygen atoms in total. The fourth-order valence-electron chi connectivity index (χ4n) is 4.75. The minimum atomic E-state index is -0.432. The third-order valence-electron chi connectivity index (χ3n) is 6.56. The summed E-state index contributed by atoms with van der Waals surface area (Å²) >= 11 is 0. The van der Waals surface area contributed by atoms with Gasteiger partial charge in [-0.05, 0) is 86.3 Å². The van der Waals surface area contributed by atoms with Crippen LogP contribution in [0.3, 0.4) is 0 Å². The molecule has 1 aliphatic carbocycles. The molecule has 158 valence electrons. The molecule has 0 spiro atoms. The Balaban J connectivity index is 1.28. The standard InChI is InChI=1S/C25H28FNO3/c1-16(22-11-9-20(26)12-24(22)29)2-3-17-4-6-18(7-5-17)14-27-15-19-8-10-21(28)13-23(19)25(27)30/h2,8-13,17-18,28-29H,3-7,14-15H2,1H3/b16-2-/t17-,18-. The predicted octanol–water partition coefficient (Wildman–Crippen LogP) is 5.49. The van der Waals surface area contributed by atoms with Gasteiger partial charge in [-0.25, -0.2) is 4.39 Å². The number of fused-ring (bicyclic) bond motifs is 1. The van der Waals surface area contributed by atoms with E-state index in [-0.39, 0.29) is 17.4 Å². The lowest BCUT2D eigenvalue weighted by atomic mass is 9.80. The van der Waals surface area contributed by atoms with Gasteiger partial charge in [0.25, 0.3) is 5.91 Å². The Labute approximate surface area is 176 Å². The van der Waals surface area contributed by atoms with E-state index in [9.17, 15) is 19.4 Å². The monoisotopic (exact) mass is 409 g/mol. The van der Waals surface area contributed by atoms with E-state index in [0.29, 0.717) is 29.5 Å². The first-order valence-corrected chi connectivity index (χ1v) is 10.7. The SMILES string of the molecule is C/C(=C/C[C@H]1CC[C@H](CN2Cc3ccc(O)cc3C2=O)CC1)c1ccc(F)cc1O. The second-order valence-electron chi connectivity index (χ2n) is 8.70. The van der Waals surface area contributed by atoms with Crippen molar-refractivity contribution in [3.63, 3.8) is 0 Å². The molecule has 0 atom stereocenters. The lowest BCUT2D eigenvalue weighted by molar-refractivity contribution is 0.0729. The maximum atomic E-state index is 13.2. The van der Waals surface area contributed by atoms with Gasteiger partial charge < -0.3 is 15.1 Å². The number of halogens is 1. The lowest BCUT2D eigenvalue weighted by Crippen LogP contribution is -2.31. The van der Waals surface area contributed by atoms with E-state index in [1.807, 2.05) is 17.9 Å². The molecule has 0 saturated heterocycles. The van der Waals surface area contributed by atoms with Crippen molar-refractivity contribution in [1.29, 1.82) is 0 Å². The van der Waals surface area contributed by atoms with Crippen LogP contribution >= 0.6 is 0 Å². The zero-order valence-corrected chi connectivity index (χ0v) is 17.3. The number of amides is 1. The zero-order chi connectivity index (χ0) is 21.3. The van der Waals surface area contributed by atoms with E-state index in [1.54, 1.807) is 18.2 Å². The Hall–Kier alpha value is -2.82. The first-order valence-electron chi connectivity index (χ1n) is 10.7. The summed E-state index contributed by atoms with van der Waals surface area (Å²) in [5.41, 5.74) is 3.28. The van der Waals surface area contributed by atoms with Gasteiger partial charge in [-0.2, -0.15) is 0 Å². The molecule has 0 bridgehead atoms. The summed E-state index contributed by atoms with van der Waals surface area (Å²) in [4.78, 5) is 14.5. The highest BCUT2D eigenvalue weighted by Gasteiger charge is 2.30. The van der Waals surface area contributed by atoms with Crippen LogP contribution in [0.15, 0.2) is 42.5 Å². The number of rotatable bonds is 5. The summed E-state index contributed by atoms with van der Waals surface area (Å²) in [6, 6.07) is 9.20. The minimum absolute atomic E-state index is 0.0166. The Morgan fingerprint density at radius 3 is 2.57 bits per heavy atom. The highest BCUT2D eigenvalue weighted by atomic mass is 19.1. The fourth-order valence-corrected chi connectivity index (χ4v) is 4.75. The number of carbonyl (C=O) groups is 1. The summed E-state index contributed by atoms with van der Waals surface area (Å²) in [5, 5.41) is 19.6. The van der Waals surface area contributed by atoms with Gasteiger partial charge >= 0.3 is 0 Å². The van der Waals surface area contributed by atoms with Crippen molar-refractivity contribution in [1.82, 2.24) is 4.90 Å². The smallest absolute Gasteiger partial charge is 0.254 e. The molecule has 5 heteroatoms. The van der Waals surface area contributed by atoms with Crippen LogP contribution < -0.4 is 0 Å².